The first-order chi connectivity index (χ1) is 8.84. The van der Waals surface area contributed by atoms with Gasteiger partial charge in [0.2, 0.25) is 0 Å². The Kier molecular flexibility index (Phi) is 5.25. The Bertz CT molecular complexity index is 468. The molecule has 0 spiro atoms. The first-order valence-electron chi connectivity index (χ1n) is 6.34. The lowest BCUT2D eigenvalue weighted by molar-refractivity contribution is 0.682. The number of halogens is 1. The molecular weight excluding hydrogens is 242 g/mol. The molecule has 2 heteroatoms. The highest BCUT2D eigenvalue weighted by Crippen LogP contribution is 2.10. The van der Waals surface area contributed by atoms with E-state index >= 15 is 0 Å². The van der Waals surface area contributed by atoms with E-state index in [2.05, 4.69) is 41.7 Å². The van der Waals surface area contributed by atoms with Gasteiger partial charge in [0.25, 0.3) is 0 Å². The van der Waals surface area contributed by atoms with Crippen molar-refractivity contribution in [3.05, 3.63) is 70.7 Å². The lowest BCUT2D eigenvalue weighted by Gasteiger charge is -2.05. The van der Waals surface area contributed by atoms with Crippen molar-refractivity contribution in [3.63, 3.8) is 0 Å². The Morgan fingerprint density at radius 2 is 1.44 bits per heavy atom. The Hall–Kier alpha value is -1.31. The van der Waals surface area contributed by atoms with Crippen LogP contribution in [0.25, 0.3) is 0 Å². The van der Waals surface area contributed by atoms with Gasteiger partial charge in [0.1, 0.15) is 0 Å². The molecule has 18 heavy (non-hydrogen) atoms. The molecule has 0 amide bonds. The average Bonchev–Trinajstić information content (AvgIpc) is 2.40. The summed E-state index contributed by atoms with van der Waals surface area (Å²) < 4.78 is 0. The minimum absolute atomic E-state index is 0.816. The summed E-state index contributed by atoms with van der Waals surface area (Å²) in [4.78, 5) is 0. The van der Waals surface area contributed by atoms with Crippen LogP contribution in [0.3, 0.4) is 0 Å². The van der Waals surface area contributed by atoms with E-state index in [1.54, 1.807) is 0 Å². The fourth-order valence-electron chi connectivity index (χ4n) is 1.93. The Morgan fingerprint density at radius 3 is 2.17 bits per heavy atom. The van der Waals surface area contributed by atoms with Crippen LogP contribution < -0.4 is 5.32 Å². The summed E-state index contributed by atoms with van der Waals surface area (Å²) in [5, 5.41) is 4.28. The van der Waals surface area contributed by atoms with Gasteiger partial charge < -0.3 is 5.32 Å². The van der Waals surface area contributed by atoms with Crippen molar-refractivity contribution < 1.29 is 0 Å². The highest BCUT2D eigenvalue weighted by molar-refractivity contribution is 6.30. The Labute approximate surface area is 114 Å². The normalized spacial score (nSPS) is 10.5. The van der Waals surface area contributed by atoms with E-state index in [1.807, 2.05) is 18.2 Å². The van der Waals surface area contributed by atoms with Gasteiger partial charge in [-0.15, -0.1) is 0 Å². The van der Waals surface area contributed by atoms with Crippen LogP contribution in [0.1, 0.15) is 11.1 Å². The smallest absolute Gasteiger partial charge is 0.0408 e. The summed E-state index contributed by atoms with van der Waals surface area (Å²) in [6, 6.07) is 18.6. The summed E-state index contributed by atoms with van der Waals surface area (Å²) in [7, 11) is 0. The summed E-state index contributed by atoms with van der Waals surface area (Å²) in [5.74, 6) is 0. The zero-order chi connectivity index (χ0) is 12.6. The highest BCUT2D eigenvalue weighted by atomic mass is 35.5. The molecule has 0 aliphatic heterocycles. The van der Waals surface area contributed by atoms with Crippen LogP contribution >= 0.6 is 11.6 Å². The molecule has 1 nitrogen and oxygen atoms in total. The maximum atomic E-state index is 5.94. The fourth-order valence-corrected chi connectivity index (χ4v) is 2.14. The second-order valence-corrected chi connectivity index (χ2v) is 4.80. The van der Waals surface area contributed by atoms with Crippen molar-refractivity contribution in [2.45, 2.75) is 12.8 Å². The third-order valence-electron chi connectivity index (χ3n) is 2.91. The maximum Gasteiger partial charge on any atom is 0.0408 e. The van der Waals surface area contributed by atoms with E-state index in [-0.39, 0.29) is 0 Å². The molecular formula is C16H18ClN. The van der Waals surface area contributed by atoms with Crippen LogP contribution in [0.2, 0.25) is 5.02 Å². The zero-order valence-electron chi connectivity index (χ0n) is 10.4. The molecule has 1 N–H and O–H groups in total. The monoisotopic (exact) mass is 259 g/mol. The molecule has 2 rings (SSSR count). The SMILES string of the molecule is Clc1cccc(CCNCCc2ccccc2)c1. The number of benzene rings is 2. The highest BCUT2D eigenvalue weighted by Gasteiger charge is 1.95. The van der Waals surface area contributed by atoms with Crippen molar-refractivity contribution in [2.24, 2.45) is 0 Å². The molecule has 2 aromatic rings. The Balaban J connectivity index is 1.65. The molecule has 0 bridgehead atoms. The molecule has 0 radical (unpaired) electrons. The average molecular weight is 260 g/mol. The standard InChI is InChI=1S/C16H18ClN/c17-16-8-4-7-15(13-16)10-12-18-11-9-14-5-2-1-3-6-14/h1-8,13,18H,9-12H2. The summed E-state index contributed by atoms with van der Waals surface area (Å²) >= 11 is 5.94. The van der Waals surface area contributed by atoms with Crippen LogP contribution in [-0.2, 0) is 12.8 Å². The van der Waals surface area contributed by atoms with Crippen LogP contribution in [0.5, 0.6) is 0 Å². The first-order valence-corrected chi connectivity index (χ1v) is 6.71. The minimum atomic E-state index is 0.816. The van der Waals surface area contributed by atoms with E-state index in [1.165, 1.54) is 11.1 Å². The first kappa shape index (κ1) is 13.1. The molecule has 0 saturated carbocycles. The van der Waals surface area contributed by atoms with Crippen LogP contribution in [0, 0.1) is 0 Å². The predicted molar refractivity (Wildman–Crippen MR) is 78.2 cm³/mol. The number of hydrogen-bond acceptors (Lipinski definition) is 1. The quantitative estimate of drug-likeness (QED) is 0.780. The molecule has 2 aromatic carbocycles. The molecule has 0 saturated heterocycles. The van der Waals surface area contributed by atoms with Crippen molar-refractivity contribution in [1.29, 1.82) is 0 Å². The van der Waals surface area contributed by atoms with Crippen molar-refractivity contribution in [1.82, 2.24) is 5.32 Å². The van der Waals surface area contributed by atoms with Gasteiger partial charge in [-0.05, 0) is 49.2 Å². The van der Waals surface area contributed by atoms with Gasteiger partial charge in [-0.3, -0.25) is 0 Å². The van der Waals surface area contributed by atoms with E-state index in [9.17, 15) is 0 Å². The second kappa shape index (κ2) is 7.20. The topological polar surface area (TPSA) is 12.0 Å². The largest absolute Gasteiger partial charge is 0.316 e. The number of nitrogens with one attached hydrogen (secondary N) is 1. The minimum Gasteiger partial charge on any atom is -0.316 e. The summed E-state index contributed by atoms with van der Waals surface area (Å²) in [6.45, 7) is 2.01. The van der Waals surface area contributed by atoms with Gasteiger partial charge in [0.05, 0.1) is 0 Å². The molecule has 0 aliphatic carbocycles. The summed E-state index contributed by atoms with van der Waals surface area (Å²) in [5.41, 5.74) is 2.67. The van der Waals surface area contributed by atoms with Gasteiger partial charge >= 0.3 is 0 Å². The fraction of sp³-hybridized carbons (Fsp3) is 0.250. The maximum absolute atomic E-state index is 5.94. The van der Waals surface area contributed by atoms with E-state index < -0.39 is 0 Å². The molecule has 0 atom stereocenters. The molecule has 0 fully saturated rings. The van der Waals surface area contributed by atoms with Gasteiger partial charge in [0.15, 0.2) is 0 Å². The van der Waals surface area contributed by atoms with Crippen molar-refractivity contribution in [3.8, 4) is 0 Å². The van der Waals surface area contributed by atoms with E-state index in [4.69, 9.17) is 11.6 Å². The molecule has 0 heterocycles. The van der Waals surface area contributed by atoms with Gasteiger partial charge in [-0.25, -0.2) is 0 Å². The van der Waals surface area contributed by atoms with Crippen LogP contribution in [0.15, 0.2) is 54.6 Å². The van der Waals surface area contributed by atoms with E-state index in [0.29, 0.717) is 0 Å². The Morgan fingerprint density at radius 1 is 0.778 bits per heavy atom. The number of hydrogen-bond donors (Lipinski definition) is 1. The van der Waals surface area contributed by atoms with Crippen LogP contribution in [0.4, 0.5) is 0 Å². The van der Waals surface area contributed by atoms with Gasteiger partial charge in [-0.1, -0.05) is 54.1 Å². The van der Waals surface area contributed by atoms with Gasteiger partial charge in [-0.2, -0.15) is 0 Å². The van der Waals surface area contributed by atoms with Crippen molar-refractivity contribution in [2.75, 3.05) is 13.1 Å². The van der Waals surface area contributed by atoms with E-state index in [0.717, 1.165) is 31.0 Å². The van der Waals surface area contributed by atoms with Crippen molar-refractivity contribution >= 4 is 11.6 Å². The lowest BCUT2D eigenvalue weighted by Crippen LogP contribution is -2.20. The third kappa shape index (κ3) is 4.52. The lowest BCUT2D eigenvalue weighted by atomic mass is 10.1. The predicted octanol–water partition coefficient (Wildman–Crippen LogP) is 3.71. The van der Waals surface area contributed by atoms with Gasteiger partial charge in [0, 0.05) is 5.02 Å². The molecule has 0 aliphatic rings. The summed E-state index contributed by atoms with van der Waals surface area (Å²) in [6.07, 6.45) is 2.10. The third-order valence-corrected chi connectivity index (χ3v) is 3.15. The zero-order valence-corrected chi connectivity index (χ0v) is 11.2. The molecule has 0 aromatic heterocycles. The molecule has 94 valence electrons. The van der Waals surface area contributed by atoms with Crippen LogP contribution in [-0.4, -0.2) is 13.1 Å². The number of rotatable bonds is 6. The second-order valence-electron chi connectivity index (χ2n) is 4.37. The molecule has 0 unspecified atom stereocenters.